The molecule has 1 aliphatic rings. The minimum atomic E-state index is -4.58. The Labute approximate surface area is 165 Å². The topological polar surface area (TPSA) is 45.2 Å². The third kappa shape index (κ3) is 5.39. The fraction of sp³-hybridized carbons (Fsp3) is 0.368. The zero-order chi connectivity index (χ0) is 23.0. The van der Waals surface area contributed by atoms with Crippen LogP contribution >= 0.6 is 0 Å². The Balaban J connectivity index is 1.66. The molecule has 4 nitrogen and oxygen atoms in total. The van der Waals surface area contributed by atoms with Crippen LogP contribution in [-0.2, 0) is 23.5 Å². The first-order valence-electron chi connectivity index (χ1n) is 9.54. The Hall–Kier alpha value is -2.78. The van der Waals surface area contributed by atoms with Gasteiger partial charge in [0.25, 0.3) is 0 Å². The van der Waals surface area contributed by atoms with E-state index in [2.05, 4.69) is 10.3 Å². The van der Waals surface area contributed by atoms with E-state index < -0.39 is 41.8 Å². The SMILES string of the molecule is [2H]C([2H])(C(=O)N[C@@H]1CCN(c2cncc(C(F)(F)F)c2)C1)c1ccc(C(F)(F)F)cc1. The van der Waals surface area contributed by atoms with E-state index in [1.165, 1.54) is 6.20 Å². The molecule has 1 atom stereocenters. The molecule has 10 heteroatoms. The summed E-state index contributed by atoms with van der Waals surface area (Å²) in [5.74, 6) is -1.04. The van der Waals surface area contributed by atoms with Gasteiger partial charge in [0, 0.05) is 28.1 Å². The Bertz CT molecular complexity index is 947. The Morgan fingerprint density at radius 1 is 1.10 bits per heavy atom. The summed E-state index contributed by atoms with van der Waals surface area (Å²) in [5, 5.41) is 2.49. The number of anilines is 1. The minimum Gasteiger partial charge on any atom is -0.368 e. The van der Waals surface area contributed by atoms with Crippen LogP contribution in [0.4, 0.5) is 32.0 Å². The number of amides is 1. The van der Waals surface area contributed by atoms with Crippen molar-refractivity contribution in [1.82, 2.24) is 10.3 Å². The normalized spacial score (nSPS) is 19.0. The summed E-state index contributed by atoms with van der Waals surface area (Å²) in [6.07, 6.45) is -9.40. The highest BCUT2D eigenvalue weighted by molar-refractivity contribution is 5.79. The predicted molar refractivity (Wildman–Crippen MR) is 93.1 cm³/mol. The summed E-state index contributed by atoms with van der Waals surface area (Å²) in [7, 11) is 0. The molecule has 1 aromatic heterocycles. The molecule has 1 aromatic carbocycles. The second-order valence-corrected chi connectivity index (χ2v) is 6.53. The first-order chi connectivity index (χ1) is 14.3. The molecule has 2 heterocycles. The van der Waals surface area contributed by atoms with Gasteiger partial charge in [-0.3, -0.25) is 9.78 Å². The number of rotatable bonds is 4. The van der Waals surface area contributed by atoms with Crippen molar-refractivity contribution >= 4 is 11.6 Å². The number of hydrogen-bond donors (Lipinski definition) is 1. The molecule has 0 bridgehead atoms. The standard InChI is InChI=1S/C19H17F6N3O/c20-18(21,22)13-3-1-12(2-4-13)7-17(29)27-15-5-6-28(11-15)16-8-14(9-26-10-16)19(23,24)25/h1-4,8-10,15H,5-7,11H2,(H,27,29)/t15-/m1/s1/i7D2. The van der Waals surface area contributed by atoms with Gasteiger partial charge in [-0.15, -0.1) is 0 Å². The second kappa shape index (κ2) is 7.92. The fourth-order valence-electron chi connectivity index (χ4n) is 2.96. The number of halogens is 6. The molecule has 0 spiro atoms. The molecule has 1 N–H and O–H groups in total. The molecule has 1 saturated heterocycles. The Morgan fingerprint density at radius 2 is 1.76 bits per heavy atom. The predicted octanol–water partition coefficient (Wildman–Crippen LogP) is 4.06. The fourth-order valence-corrected chi connectivity index (χ4v) is 2.96. The van der Waals surface area contributed by atoms with Gasteiger partial charge in [-0.2, -0.15) is 26.3 Å². The number of alkyl halides is 6. The van der Waals surface area contributed by atoms with Crippen LogP contribution in [0.25, 0.3) is 0 Å². The summed E-state index contributed by atoms with van der Waals surface area (Å²) in [6, 6.07) is 3.58. The van der Waals surface area contributed by atoms with Crippen LogP contribution in [-0.4, -0.2) is 30.0 Å². The Kier molecular flexibility index (Phi) is 4.99. The monoisotopic (exact) mass is 419 g/mol. The zero-order valence-corrected chi connectivity index (χ0v) is 14.8. The molecule has 29 heavy (non-hydrogen) atoms. The van der Waals surface area contributed by atoms with Crippen LogP contribution in [0.2, 0.25) is 0 Å². The number of carbonyl (C=O) groups excluding carboxylic acids is 1. The first-order valence-corrected chi connectivity index (χ1v) is 8.54. The molecular weight excluding hydrogens is 400 g/mol. The van der Waals surface area contributed by atoms with Crippen LogP contribution in [0.5, 0.6) is 0 Å². The van der Waals surface area contributed by atoms with Gasteiger partial charge in [0.05, 0.1) is 29.4 Å². The summed E-state index contributed by atoms with van der Waals surface area (Å²) in [4.78, 5) is 17.6. The number of carbonyl (C=O) groups is 1. The maximum atomic E-state index is 12.9. The summed E-state index contributed by atoms with van der Waals surface area (Å²) in [6.45, 7) is 0.453. The summed E-state index contributed by atoms with van der Waals surface area (Å²) >= 11 is 0. The first kappa shape index (κ1) is 18.3. The van der Waals surface area contributed by atoms with Crippen LogP contribution in [0.1, 0.15) is 25.9 Å². The molecule has 1 aliphatic heterocycles. The summed E-state index contributed by atoms with van der Waals surface area (Å²) < 4.78 is 92.6. The van der Waals surface area contributed by atoms with Crippen LogP contribution < -0.4 is 10.2 Å². The smallest absolute Gasteiger partial charge is 0.368 e. The van der Waals surface area contributed by atoms with E-state index in [4.69, 9.17) is 2.74 Å². The molecule has 0 saturated carbocycles. The lowest BCUT2D eigenvalue weighted by Crippen LogP contribution is -2.38. The van der Waals surface area contributed by atoms with Crippen molar-refractivity contribution in [3.8, 4) is 0 Å². The molecule has 0 radical (unpaired) electrons. The number of hydrogen-bond acceptors (Lipinski definition) is 3. The van der Waals surface area contributed by atoms with Gasteiger partial charge in [0.15, 0.2) is 0 Å². The quantitative estimate of drug-likeness (QED) is 0.761. The molecule has 1 amide bonds. The molecule has 2 aromatic rings. The highest BCUT2D eigenvalue weighted by Gasteiger charge is 2.33. The van der Waals surface area contributed by atoms with Gasteiger partial charge in [-0.05, 0) is 30.2 Å². The number of nitrogens with zero attached hydrogens (tertiary/aromatic N) is 2. The van der Waals surface area contributed by atoms with Crippen molar-refractivity contribution in [2.45, 2.75) is 31.2 Å². The third-order valence-electron chi connectivity index (χ3n) is 4.41. The van der Waals surface area contributed by atoms with Crippen molar-refractivity contribution in [3.63, 3.8) is 0 Å². The number of nitrogens with one attached hydrogen (secondary N) is 1. The Morgan fingerprint density at radius 3 is 2.38 bits per heavy atom. The van der Waals surface area contributed by atoms with E-state index in [-0.39, 0.29) is 17.8 Å². The highest BCUT2D eigenvalue weighted by atomic mass is 19.4. The molecular formula is C19H17F6N3O. The largest absolute Gasteiger partial charge is 0.417 e. The van der Waals surface area contributed by atoms with Gasteiger partial charge in [-0.1, -0.05) is 12.1 Å². The zero-order valence-electron chi connectivity index (χ0n) is 16.8. The highest BCUT2D eigenvalue weighted by Crippen LogP contribution is 2.32. The molecule has 0 unspecified atom stereocenters. The second-order valence-electron chi connectivity index (χ2n) is 6.53. The third-order valence-corrected chi connectivity index (χ3v) is 4.41. The molecule has 3 rings (SSSR count). The van der Waals surface area contributed by atoms with Crippen molar-refractivity contribution in [2.75, 3.05) is 18.0 Å². The van der Waals surface area contributed by atoms with Gasteiger partial charge in [0.1, 0.15) is 0 Å². The van der Waals surface area contributed by atoms with E-state index in [9.17, 15) is 31.1 Å². The maximum Gasteiger partial charge on any atom is 0.417 e. The van der Waals surface area contributed by atoms with Gasteiger partial charge in [0.2, 0.25) is 5.91 Å². The van der Waals surface area contributed by atoms with E-state index in [1.54, 1.807) is 4.90 Å². The van der Waals surface area contributed by atoms with Crippen LogP contribution in [0, 0.1) is 0 Å². The number of benzene rings is 1. The van der Waals surface area contributed by atoms with Gasteiger partial charge in [-0.25, -0.2) is 0 Å². The molecule has 1 fully saturated rings. The lowest BCUT2D eigenvalue weighted by molar-refractivity contribution is -0.138. The molecule has 156 valence electrons. The van der Waals surface area contributed by atoms with Crippen LogP contribution in [0.3, 0.4) is 0 Å². The van der Waals surface area contributed by atoms with E-state index in [0.29, 0.717) is 31.3 Å². The van der Waals surface area contributed by atoms with Crippen LogP contribution in [0.15, 0.2) is 42.7 Å². The maximum absolute atomic E-state index is 12.9. The lowest BCUT2D eigenvalue weighted by atomic mass is 10.1. The van der Waals surface area contributed by atoms with Crippen molar-refractivity contribution < 1.29 is 33.9 Å². The van der Waals surface area contributed by atoms with E-state index >= 15 is 0 Å². The van der Waals surface area contributed by atoms with Crippen molar-refractivity contribution in [2.24, 2.45) is 0 Å². The van der Waals surface area contributed by atoms with E-state index in [0.717, 1.165) is 18.2 Å². The van der Waals surface area contributed by atoms with Gasteiger partial charge >= 0.3 is 12.4 Å². The molecule has 0 aliphatic carbocycles. The van der Waals surface area contributed by atoms with Crippen molar-refractivity contribution in [3.05, 3.63) is 59.4 Å². The van der Waals surface area contributed by atoms with Gasteiger partial charge < -0.3 is 10.2 Å². The number of pyridine rings is 1. The average molecular weight is 419 g/mol. The lowest BCUT2D eigenvalue weighted by Gasteiger charge is -2.20. The average Bonchev–Trinajstić information content (AvgIpc) is 3.15. The van der Waals surface area contributed by atoms with Crippen molar-refractivity contribution in [1.29, 1.82) is 0 Å². The van der Waals surface area contributed by atoms with E-state index in [1.807, 2.05) is 0 Å². The minimum absolute atomic E-state index is 0.137. The summed E-state index contributed by atoms with van der Waals surface area (Å²) in [5.41, 5.74) is -1.89. The number of aromatic nitrogens is 1.